The van der Waals surface area contributed by atoms with E-state index in [0.29, 0.717) is 5.92 Å². The van der Waals surface area contributed by atoms with Gasteiger partial charge in [-0.3, -0.25) is 0 Å². The highest BCUT2D eigenvalue weighted by Gasteiger charge is 2.32. The highest BCUT2D eigenvalue weighted by molar-refractivity contribution is 5.95. The van der Waals surface area contributed by atoms with Crippen molar-refractivity contribution in [2.75, 3.05) is 13.1 Å². The number of aryl methyl sites for hydroxylation is 1. The standard InChI is InChI=1S/C24H29N3O/c1-26-16-22(23(28)18-12-14-27(15-13-18)19-8-5-9-19)25-24(26)21-11-4-7-17-6-2-3-10-20(17)21/h2-4,6-7,10-11,16,18-19,23,28H,5,8-9,12-15H2,1H3. The first-order chi connectivity index (χ1) is 13.7. The SMILES string of the molecule is Cn1cc(C(O)C2CCN(C3CCC3)CC2)nc1-c1cccc2ccccc12. The van der Waals surface area contributed by atoms with Crippen molar-refractivity contribution in [2.45, 2.75) is 44.2 Å². The van der Waals surface area contributed by atoms with Gasteiger partial charge in [-0.15, -0.1) is 0 Å². The van der Waals surface area contributed by atoms with E-state index in [1.54, 1.807) is 0 Å². The molecule has 1 aliphatic carbocycles. The topological polar surface area (TPSA) is 41.3 Å². The molecule has 0 amide bonds. The average molecular weight is 376 g/mol. The van der Waals surface area contributed by atoms with Crippen molar-refractivity contribution in [3.8, 4) is 11.4 Å². The quantitative estimate of drug-likeness (QED) is 0.728. The van der Waals surface area contributed by atoms with E-state index < -0.39 is 6.10 Å². The maximum Gasteiger partial charge on any atom is 0.140 e. The van der Waals surface area contributed by atoms with Gasteiger partial charge in [0.2, 0.25) is 0 Å². The van der Waals surface area contributed by atoms with Crippen LogP contribution in [0.4, 0.5) is 0 Å². The Labute approximate surface area is 166 Å². The Hall–Kier alpha value is -2.17. The Morgan fingerprint density at radius 2 is 1.75 bits per heavy atom. The molecule has 1 atom stereocenters. The van der Waals surface area contributed by atoms with E-state index >= 15 is 0 Å². The van der Waals surface area contributed by atoms with Crippen LogP contribution in [0.3, 0.4) is 0 Å². The van der Waals surface area contributed by atoms with Crippen LogP contribution in [-0.2, 0) is 7.05 Å². The summed E-state index contributed by atoms with van der Waals surface area (Å²) in [7, 11) is 2.03. The number of piperidine rings is 1. The number of benzene rings is 2. The summed E-state index contributed by atoms with van der Waals surface area (Å²) in [6.07, 6.45) is 7.79. The van der Waals surface area contributed by atoms with E-state index in [1.165, 1.54) is 30.0 Å². The lowest BCUT2D eigenvalue weighted by Gasteiger charge is -2.42. The van der Waals surface area contributed by atoms with E-state index in [9.17, 15) is 5.11 Å². The summed E-state index contributed by atoms with van der Waals surface area (Å²) in [5, 5.41) is 13.5. The average Bonchev–Trinajstić information content (AvgIpc) is 3.08. The smallest absolute Gasteiger partial charge is 0.140 e. The lowest BCUT2D eigenvalue weighted by atomic mass is 9.85. The Bertz CT molecular complexity index is 962. The molecule has 1 unspecified atom stereocenters. The number of likely N-dealkylation sites (tertiary alicyclic amines) is 1. The van der Waals surface area contributed by atoms with Gasteiger partial charge < -0.3 is 14.6 Å². The van der Waals surface area contributed by atoms with Crippen molar-refractivity contribution in [3.05, 3.63) is 54.4 Å². The molecular weight excluding hydrogens is 346 g/mol. The zero-order valence-corrected chi connectivity index (χ0v) is 16.6. The minimum absolute atomic E-state index is 0.312. The molecule has 4 heteroatoms. The van der Waals surface area contributed by atoms with Gasteiger partial charge in [0.15, 0.2) is 0 Å². The van der Waals surface area contributed by atoms with Gasteiger partial charge in [-0.2, -0.15) is 0 Å². The summed E-state index contributed by atoms with van der Waals surface area (Å²) in [4.78, 5) is 7.52. The number of hydrogen-bond acceptors (Lipinski definition) is 3. The van der Waals surface area contributed by atoms with Crippen LogP contribution in [0, 0.1) is 5.92 Å². The third-order valence-electron chi connectivity index (χ3n) is 6.84. The van der Waals surface area contributed by atoms with Gasteiger partial charge >= 0.3 is 0 Å². The minimum atomic E-state index is -0.474. The summed E-state index contributed by atoms with van der Waals surface area (Å²) < 4.78 is 2.06. The number of hydrogen-bond donors (Lipinski definition) is 1. The molecular formula is C24H29N3O. The van der Waals surface area contributed by atoms with Crippen molar-refractivity contribution in [1.82, 2.24) is 14.5 Å². The first kappa shape index (κ1) is 17.9. The van der Waals surface area contributed by atoms with Gasteiger partial charge in [-0.05, 0) is 55.5 Å². The third kappa shape index (κ3) is 3.15. The molecule has 1 saturated heterocycles. The predicted octanol–water partition coefficient (Wildman–Crippen LogP) is 4.54. The monoisotopic (exact) mass is 375 g/mol. The molecule has 2 heterocycles. The minimum Gasteiger partial charge on any atom is -0.386 e. The van der Waals surface area contributed by atoms with Gasteiger partial charge in [-0.1, -0.05) is 48.9 Å². The van der Waals surface area contributed by atoms with Crippen molar-refractivity contribution in [2.24, 2.45) is 13.0 Å². The number of aromatic nitrogens is 2. The van der Waals surface area contributed by atoms with Crippen molar-refractivity contribution < 1.29 is 5.11 Å². The zero-order chi connectivity index (χ0) is 19.1. The summed E-state index contributed by atoms with van der Waals surface area (Å²) in [6.45, 7) is 2.24. The van der Waals surface area contributed by atoms with Crippen molar-refractivity contribution >= 4 is 10.8 Å². The van der Waals surface area contributed by atoms with Crippen LogP contribution < -0.4 is 0 Å². The van der Waals surface area contributed by atoms with E-state index in [0.717, 1.165) is 49.1 Å². The fourth-order valence-electron chi connectivity index (χ4n) is 4.90. The number of fused-ring (bicyclic) bond motifs is 1. The largest absolute Gasteiger partial charge is 0.386 e. The molecule has 2 aromatic carbocycles. The molecule has 0 radical (unpaired) electrons. The van der Waals surface area contributed by atoms with Crippen LogP contribution in [0.15, 0.2) is 48.7 Å². The zero-order valence-electron chi connectivity index (χ0n) is 16.6. The van der Waals surface area contributed by atoms with Gasteiger partial charge in [0.25, 0.3) is 0 Å². The van der Waals surface area contributed by atoms with Gasteiger partial charge in [0.05, 0.1) is 5.69 Å². The molecule has 1 aromatic heterocycles. The van der Waals surface area contributed by atoms with E-state index in [2.05, 4.69) is 51.9 Å². The van der Waals surface area contributed by atoms with Gasteiger partial charge in [-0.25, -0.2) is 4.98 Å². The molecule has 5 rings (SSSR count). The molecule has 1 N–H and O–H groups in total. The number of rotatable bonds is 4. The predicted molar refractivity (Wildman–Crippen MR) is 113 cm³/mol. The van der Waals surface area contributed by atoms with Crippen molar-refractivity contribution in [3.63, 3.8) is 0 Å². The number of nitrogens with zero attached hydrogens (tertiary/aromatic N) is 3. The number of imidazole rings is 1. The maximum atomic E-state index is 11.0. The lowest BCUT2D eigenvalue weighted by Crippen LogP contribution is -2.45. The number of aliphatic hydroxyl groups is 1. The second-order valence-electron chi connectivity index (χ2n) is 8.53. The summed E-state index contributed by atoms with van der Waals surface area (Å²) in [5.41, 5.74) is 1.94. The van der Waals surface area contributed by atoms with Crippen LogP contribution in [0.25, 0.3) is 22.2 Å². The van der Waals surface area contributed by atoms with E-state index in [1.807, 2.05) is 13.2 Å². The molecule has 0 bridgehead atoms. The third-order valence-corrected chi connectivity index (χ3v) is 6.84. The maximum absolute atomic E-state index is 11.0. The molecule has 1 saturated carbocycles. The Morgan fingerprint density at radius 1 is 1.00 bits per heavy atom. The number of aliphatic hydroxyl groups excluding tert-OH is 1. The Morgan fingerprint density at radius 3 is 2.50 bits per heavy atom. The first-order valence-electron chi connectivity index (χ1n) is 10.6. The molecule has 2 fully saturated rings. The lowest BCUT2D eigenvalue weighted by molar-refractivity contribution is 0.0273. The molecule has 2 aliphatic rings. The fraction of sp³-hybridized carbons (Fsp3) is 0.458. The molecule has 28 heavy (non-hydrogen) atoms. The highest BCUT2D eigenvalue weighted by Crippen LogP contribution is 2.35. The fourth-order valence-corrected chi connectivity index (χ4v) is 4.90. The molecule has 3 aromatic rings. The summed E-state index contributed by atoms with van der Waals surface area (Å²) in [5.74, 6) is 1.24. The molecule has 146 valence electrons. The van der Waals surface area contributed by atoms with Crippen LogP contribution >= 0.6 is 0 Å². The van der Waals surface area contributed by atoms with Gasteiger partial charge in [0.1, 0.15) is 11.9 Å². The van der Waals surface area contributed by atoms with Gasteiger partial charge in [0, 0.05) is 24.8 Å². The Kier molecular flexibility index (Phi) is 4.69. The normalized spacial score (nSPS) is 20.4. The van der Waals surface area contributed by atoms with Crippen LogP contribution in [0.2, 0.25) is 0 Å². The first-order valence-corrected chi connectivity index (χ1v) is 10.6. The molecule has 4 nitrogen and oxygen atoms in total. The highest BCUT2D eigenvalue weighted by atomic mass is 16.3. The van der Waals surface area contributed by atoms with Crippen LogP contribution in [0.1, 0.15) is 43.9 Å². The molecule has 0 spiro atoms. The van der Waals surface area contributed by atoms with Crippen LogP contribution in [0.5, 0.6) is 0 Å². The second kappa shape index (κ2) is 7.34. The molecule has 1 aliphatic heterocycles. The summed E-state index contributed by atoms with van der Waals surface area (Å²) >= 11 is 0. The van der Waals surface area contributed by atoms with Crippen LogP contribution in [-0.4, -0.2) is 38.7 Å². The Balaban J connectivity index is 1.37. The van der Waals surface area contributed by atoms with E-state index in [4.69, 9.17) is 4.98 Å². The van der Waals surface area contributed by atoms with Crippen molar-refractivity contribution in [1.29, 1.82) is 0 Å². The van der Waals surface area contributed by atoms with E-state index in [-0.39, 0.29) is 0 Å². The second-order valence-corrected chi connectivity index (χ2v) is 8.53. The summed E-state index contributed by atoms with van der Waals surface area (Å²) in [6, 6.07) is 15.6.